The SMILES string of the molecule is Cc1ccccc1CN1CCN(C(=O)c2ccc(S(=O)(=O)NCCC#N)cc2)CC1. The number of nitrogens with one attached hydrogen (secondary N) is 1. The monoisotopic (exact) mass is 426 g/mol. The van der Waals surface area contributed by atoms with Gasteiger partial charge in [0.25, 0.3) is 5.91 Å². The van der Waals surface area contributed by atoms with Crippen LogP contribution in [0.1, 0.15) is 27.9 Å². The van der Waals surface area contributed by atoms with Gasteiger partial charge in [-0.15, -0.1) is 0 Å². The first kappa shape index (κ1) is 22.0. The summed E-state index contributed by atoms with van der Waals surface area (Å²) < 4.78 is 26.7. The number of sulfonamides is 1. The van der Waals surface area contributed by atoms with Crippen LogP contribution in [0.4, 0.5) is 0 Å². The van der Waals surface area contributed by atoms with Crippen LogP contribution in [0, 0.1) is 18.3 Å². The Morgan fingerprint density at radius 3 is 2.37 bits per heavy atom. The van der Waals surface area contributed by atoms with Crippen molar-refractivity contribution in [2.24, 2.45) is 0 Å². The zero-order valence-electron chi connectivity index (χ0n) is 17.0. The van der Waals surface area contributed by atoms with Crippen molar-refractivity contribution in [1.29, 1.82) is 5.26 Å². The molecule has 0 radical (unpaired) electrons. The van der Waals surface area contributed by atoms with Crippen LogP contribution >= 0.6 is 0 Å². The van der Waals surface area contributed by atoms with E-state index in [0.717, 1.165) is 19.6 Å². The van der Waals surface area contributed by atoms with E-state index >= 15 is 0 Å². The predicted molar refractivity (Wildman–Crippen MR) is 114 cm³/mol. The van der Waals surface area contributed by atoms with Gasteiger partial charge < -0.3 is 4.90 Å². The topological polar surface area (TPSA) is 93.5 Å². The summed E-state index contributed by atoms with van der Waals surface area (Å²) in [6.45, 7) is 5.93. The number of carbonyl (C=O) groups is 1. The average Bonchev–Trinajstić information content (AvgIpc) is 2.76. The molecule has 0 aliphatic carbocycles. The highest BCUT2D eigenvalue weighted by atomic mass is 32.2. The van der Waals surface area contributed by atoms with Crippen LogP contribution in [0.2, 0.25) is 0 Å². The predicted octanol–water partition coefficient (Wildman–Crippen LogP) is 2.14. The molecule has 0 unspecified atom stereocenters. The highest BCUT2D eigenvalue weighted by Gasteiger charge is 2.23. The maximum Gasteiger partial charge on any atom is 0.253 e. The van der Waals surface area contributed by atoms with Gasteiger partial charge in [-0.05, 0) is 42.3 Å². The van der Waals surface area contributed by atoms with E-state index in [2.05, 4.69) is 28.7 Å². The van der Waals surface area contributed by atoms with Gasteiger partial charge in [-0.1, -0.05) is 24.3 Å². The molecule has 1 heterocycles. The van der Waals surface area contributed by atoms with Crippen LogP contribution in [0.3, 0.4) is 0 Å². The molecule has 30 heavy (non-hydrogen) atoms. The van der Waals surface area contributed by atoms with E-state index in [1.165, 1.54) is 23.3 Å². The van der Waals surface area contributed by atoms with Crippen molar-refractivity contribution < 1.29 is 13.2 Å². The molecule has 0 aromatic heterocycles. The highest BCUT2D eigenvalue weighted by molar-refractivity contribution is 7.89. The third-order valence-corrected chi connectivity index (χ3v) is 6.73. The second-order valence-electron chi connectivity index (χ2n) is 7.33. The molecular formula is C22H26N4O3S. The lowest BCUT2D eigenvalue weighted by molar-refractivity contribution is 0.0628. The molecule has 3 rings (SSSR count). The van der Waals surface area contributed by atoms with Crippen molar-refractivity contribution >= 4 is 15.9 Å². The van der Waals surface area contributed by atoms with E-state index < -0.39 is 10.0 Å². The second kappa shape index (κ2) is 9.85. The molecule has 1 fully saturated rings. The Hall–Kier alpha value is -2.73. The molecule has 8 heteroatoms. The van der Waals surface area contributed by atoms with Crippen LogP contribution in [-0.4, -0.2) is 56.8 Å². The van der Waals surface area contributed by atoms with Gasteiger partial charge in [0.1, 0.15) is 0 Å². The van der Waals surface area contributed by atoms with E-state index in [0.29, 0.717) is 18.7 Å². The molecule has 1 saturated heterocycles. The van der Waals surface area contributed by atoms with Gasteiger partial charge >= 0.3 is 0 Å². The minimum absolute atomic E-state index is 0.0618. The molecule has 1 aliphatic rings. The first-order chi connectivity index (χ1) is 14.4. The zero-order chi connectivity index (χ0) is 21.6. The molecule has 0 bridgehead atoms. The highest BCUT2D eigenvalue weighted by Crippen LogP contribution is 2.16. The van der Waals surface area contributed by atoms with Crippen molar-refractivity contribution in [2.45, 2.75) is 24.8 Å². The lowest BCUT2D eigenvalue weighted by Gasteiger charge is -2.35. The largest absolute Gasteiger partial charge is 0.336 e. The van der Waals surface area contributed by atoms with E-state index in [1.807, 2.05) is 23.1 Å². The summed E-state index contributed by atoms with van der Waals surface area (Å²) in [7, 11) is -3.67. The molecule has 1 N–H and O–H groups in total. The minimum Gasteiger partial charge on any atom is -0.336 e. The third kappa shape index (κ3) is 5.45. The zero-order valence-corrected chi connectivity index (χ0v) is 17.9. The lowest BCUT2D eigenvalue weighted by atomic mass is 10.1. The molecule has 2 aromatic rings. The second-order valence-corrected chi connectivity index (χ2v) is 9.09. The van der Waals surface area contributed by atoms with Crippen molar-refractivity contribution in [2.75, 3.05) is 32.7 Å². The Morgan fingerprint density at radius 1 is 1.07 bits per heavy atom. The molecule has 2 aromatic carbocycles. The smallest absolute Gasteiger partial charge is 0.253 e. The van der Waals surface area contributed by atoms with Crippen molar-refractivity contribution in [1.82, 2.24) is 14.5 Å². The third-order valence-electron chi connectivity index (χ3n) is 5.26. The fourth-order valence-corrected chi connectivity index (χ4v) is 4.45. The normalized spacial score (nSPS) is 15.0. The van der Waals surface area contributed by atoms with Crippen molar-refractivity contribution in [3.63, 3.8) is 0 Å². The average molecular weight is 427 g/mol. The summed E-state index contributed by atoms with van der Waals surface area (Å²) in [5.74, 6) is -0.0908. The maximum absolute atomic E-state index is 12.8. The standard InChI is InChI=1S/C22H26N4O3S/c1-18-5-2-3-6-20(18)17-25-13-15-26(16-14-25)22(27)19-7-9-21(10-8-19)30(28,29)24-12-4-11-23/h2-3,5-10,24H,4,12-17H2,1H3. The van der Waals surface area contributed by atoms with E-state index in [1.54, 1.807) is 12.1 Å². The van der Waals surface area contributed by atoms with Gasteiger partial charge in [0.05, 0.1) is 11.0 Å². The Labute approximate surface area is 178 Å². The number of benzene rings is 2. The number of nitrogens with zero attached hydrogens (tertiary/aromatic N) is 3. The molecule has 1 aliphatic heterocycles. The first-order valence-electron chi connectivity index (χ1n) is 9.93. The van der Waals surface area contributed by atoms with E-state index in [4.69, 9.17) is 5.26 Å². The Morgan fingerprint density at radius 2 is 1.73 bits per heavy atom. The van der Waals surface area contributed by atoms with Crippen LogP contribution < -0.4 is 4.72 Å². The number of nitriles is 1. The summed E-state index contributed by atoms with van der Waals surface area (Å²) in [5.41, 5.74) is 3.05. The summed E-state index contributed by atoms with van der Waals surface area (Å²) >= 11 is 0. The van der Waals surface area contributed by atoms with E-state index in [-0.39, 0.29) is 23.8 Å². The Balaban J connectivity index is 1.56. The summed E-state index contributed by atoms with van der Waals surface area (Å²) in [6.07, 6.45) is 0.103. The molecule has 0 atom stereocenters. The summed E-state index contributed by atoms with van der Waals surface area (Å²) in [6, 6.07) is 16.2. The number of carbonyl (C=O) groups excluding carboxylic acids is 1. The number of aryl methyl sites for hydroxylation is 1. The molecule has 7 nitrogen and oxygen atoms in total. The quantitative estimate of drug-likeness (QED) is 0.685. The fraction of sp³-hybridized carbons (Fsp3) is 0.364. The number of piperazine rings is 1. The molecular weight excluding hydrogens is 400 g/mol. The molecule has 0 saturated carbocycles. The van der Waals surface area contributed by atoms with Gasteiger partial charge in [-0.3, -0.25) is 9.69 Å². The van der Waals surface area contributed by atoms with Gasteiger partial charge in [0.2, 0.25) is 10.0 Å². The van der Waals surface area contributed by atoms with Crippen molar-refractivity contribution in [3.05, 3.63) is 65.2 Å². The summed E-state index contributed by atoms with van der Waals surface area (Å²) in [4.78, 5) is 17.0. The Kier molecular flexibility index (Phi) is 7.21. The van der Waals surface area contributed by atoms with Gasteiger partial charge in [0.15, 0.2) is 0 Å². The lowest BCUT2D eigenvalue weighted by Crippen LogP contribution is -2.48. The molecule has 1 amide bonds. The van der Waals surface area contributed by atoms with Crippen LogP contribution in [0.25, 0.3) is 0 Å². The van der Waals surface area contributed by atoms with Crippen LogP contribution in [0.5, 0.6) is 0 Å². The molecule has 158 valence electrons. The van der Waals surface area contributed by atoms with Crippen LogP contribution in [0.15, 0.2) is 53.4 Å². The van der Waals surface area contributed by atoms with Gasteiger partial charge in [0, 0.05) is 51.3 Å². The van der Waals surface area contributed by atoms with E-state index in [9.17, 15) is 13.2 Å². The molecule has 0 spiro atoms. The van der Waals surface area contributed by atoms with Crippen molar-refractivity contribution in [3.8, 4) is 6.07 Å². The van der Waals surface area contributed by atoms with Crippen LogP contribution in [-0.2, 0) is 16.6 Å². The fourth-order valence-electron chi connectivity index (χ4n) is 3.42. The first-order valence-corrected chi connectivity index (χ1v) is 11.4. The Bertz CT molecular complexity index is 1020. The summed E-state index contributed by atoms with van der Waals surface area (Å²) in [5, 5.41) is 8.53. The number of rotatable bonds is 7. The maximum atomic E-state index is 12.8. The minimum atomic E-state index is -3.67. The van der Waals surface area contributed by atoms with Gasteiger partial charge in [-0.25, -0.2) is 13.1 Å². The number of hydrogen-bond donors (Lipinski definition) is 1. The number of hydrogen-bond acceptors (Lipinski definition) is 5. The number of amides is 1. The van der Waals surface area contributed by atoms with Gasteiger partial charge in [-0.2, -0.15) is 5.26 Å².